The molecule has 5 nitrogen and oxygen atoms in total. The maximum atomic E-state index is 5.18. The van der Waals surface area contributed by atoms with E-state index in [9.17, 15) is 0 Å². The molecule has 2 saturated heterocycles. The molecule has 0 saturated carbocycles. The molecule has 0 N–H and O–H groups in total. The number of halogens is 1. The number of hydrogen-bond donors (Lipinski definition) is 0. The van der Waals surface area contributed by atoms with Crippen LogP contribution < -0.4 is 26.8 Å². The van der Waals surface area contributed by atoms with Gasteiger partial charge in [0.15, 0.2) is 0 Å². The zero-order chi connectivity index (χ0) is 22.1. The normalized spacial score (nSPS) is 18.2. The van der Waals surface area contributed by atoms with Crippen molar-refractivity contribution in [2.45, 2.75) is 26.2 Å². The highest BCUT2D eigenvalue weighted by molar-refractivity contribution is 7.24. The fourth-order valence-electron chi connectivity index (χ4n) is 4.84. The molecular weight excluding hydrogens is 494 g/mol. The number of hydrogen-bond acceptors (Lipinski definition) is 5. The van der Waals surface area contributed by atoms with Gasteiger partial charge in [0.25, 0.3) is 9.40 Å². The van der Waals surface area contributed by atoms with Crippen LogP contribution in [-0.2, 0) is 6.42 Å². The fourth-order valence-corrected chi connectivity index (χ4v) is 5.92. The van der Waals surface area contributed by atoms with E-state index in [2.05, 4.69) is 71.0 Å². The topological polar surface area (TPSA) is 25.9 Å². The van der Waals surface area contributed by atoms with E-state index in [-0.39, 0.29) is 17.0 Å². The van der Waals surface area contributed by atoms with Crippen LogP contribution in [0.2, 0.25) is 0 Å². The van der Waals surface area contributed by atoms with Gasteiger partial charge in [0.05, 0.1) is 0 Å². The molecule has 2 fully saturated rings. The Morgan fingerprint density at radius 2 is 1.39 bits per heavy atom. The minimum atomic E-state index is 0. The molecule has 2 aromatic carbocycles. The van der Waals surface area contributed by atoms with Crippen LogP contribution in [0.1, 0.15) is 25.3 Å². The van der Waals surface area contributed by atoms with Crippen molar-refractivity contribution >= 4 is 43.1 Å². The molecule has 2 aliphatic rings. The predicted molar refractivity (Wildman–Crippen MR) is 140 cm³/mol. The van der Waals surface area contributed by atoms with Crippen LogP contribution in [0.5, 0.6) is 0 Å². The van der Waals surface area contributed by atoms with Crippen molar-refractivity contribution in [1.29, 1.82) is 0 Å². The Labute approximate surface area is 212 Å². The maximum absolute atomic E-state index is 5.18. The lowest BCUT2D eigenvalue weighted by molar-refractivity contribution is -0.00000647. The van der Waals surface area contributed by atoms with Crippen molar-refractivity contribution in [3.05, 3.63) is 35.9 Å². The molecule has 0 spiro atoms. The summed E-state index contributed by atoms with van der Waals surface area (Å²) in [5.41, 5.74) is 6.47. The molecule has 7 heteroatoms. The Morgan fingerprint density at radius 3 is 2.03 bits per heavy atom. The van der Waals surface area contributed by atoms with E-state index in [1.807, 2.05) is 11.3 Å². The van der Waals surface area contributed by atoms with E-state index in [4.69, 9.17) is 4.98 Å². The molecule has 3 heterocycles. The lowest BCUT2D eigenvalue weighted by Crippen LogP contribution is -3.00. The fraction of sp³-hybridized carbons (Fsp3) is 0.538. The second-order valence-electron chi connectivity index (χ2n) is 9.50. The summed E-state index contributed by atoms with van der Waals surface area (Å²) < 4.78 is 2.63. The van der Waals surface area contributed by atoms with Crippen LogP contribution in [-0.4, -0.2) is 81.2 Å². The van der Waals surface area contributed by atoms with E-state index < -0.39 is 0 Å². The zero-order valence-corrected chi connectivity index (χ0v) is 22.6. The van der Waals surface area contributed by atoms with Crippen LogP contribution in [0.15, 0.2) is 30.3 Å². The van der Waals surface area contributed by atoms with Crippen molar-refractivity contribution in [3.63, 3.8) is 0 Å². The van der Waals surface area contributed by atoms with Crippen molar-refractivity contribution in [2.75, 3.05) is 76.3 Å². The number of anilines is 2. The maximum Gasteiger partial charge on any atom is 0.259 e. The number of aromatic nitrogens is 1. The Kier molecular flexibility index (Phi) is 8.05. The van der Waals surface area contributed by atoms with Gasteiger partial charge >= 0.3 is 0 Å². The first-order valence-electron chi connectivity index (χ1n) is 12.2. The SMILES string of the molecule is CCCCc1cc(N2CCN(C)CC2)cc2[s+]c3cc(N4CCN(C)CC4)ccc3nc12.[Br-]. The van der Waals surface area contributed by atoms with E-state index in [0.717, 1.165) is 64.3 Å². The highest BCUT2D eigenvalue weighted by Gasteiger charge is 2.22. The highest BCUT2D eigenvalue weighted by Crippen LogP contribution is 2.34. The van der Waals surface area contributed by atoms with E-state index in [1.165, 1.54) is 44.7 Å². The third kappa shape index (κ3) is 5.42. The van der Waals surface area contributed by atoms with E-state index >= 15 is 0 Å². The van der Waals surface area contributed by atoms with Gasteiger partial charge < -0.3 is 36.6 Å². The van der Waals surface area contributed by atoms with Gasteiger partial charge in [-0.05, 0) is 50.7 Å². The van der Waals surface area contributed by atoms with Crippen molar-refractivity contribution in [3.8, 4) is 0 Å². The third-order valence-corrected chi connectivity index (χ3v) is 8.15. The van der Waals surface area contributed by atoms with Crippen molar-refractivity contribution in [2.24, 2.45) is 0 Å². The second-order valence-corrected chi connectivity index (χ2v) is 10.6. The Bertz CT molecular complexity index is 1090. The lowest BCUT2D eigenvalue weighted by atomic mass is 10.1. The van der Waals surface area contributed by atoms with Gasteiger partial charge in [-0.25, -0.2) is 4.98 Å². The smallest absolute Gasteiger partial charge is 0.259 e. The summed E-state index contributed by atoms with van der Waals surface area (Å²) in [5, 5.41) is 0. The average molecular weight is 531 g/mol. The summed E-state index contributed by atoms with van der Waals surface area (Å²) in [7, 11) is 4.43. The second kappa shape index (κ2) is 10.8. The predicted octanol–water partition coefficient (Wildman–Crippen LogP) is 1.58. The molecule has 0 amide bonds. The molecule has 0 radical (unpaired) electrons. The van der Waals surface area contributed by atoms with Crippen LogP contribution in [0.4, 0.5) is 11.4 Å². The van der Waals surface area contributed by atoms with Crippen LogP contribution in [0.25, 0.3) is 20.4 Å². The van der Waals surface area contributed by atoms with E-state index in [0.29, 0.717) is 0 Å². The summed E-state index contributed by atoms with van der Waals surface area (Å²) in [6, 6.07) is 11.7. The third-order valence-electron chi connectivity index (χ3n) is 7.07. The van der Waals surface area contributed by atoms with Gasteiger partial charge in [0.1, 0.15) is 11.0 Å². The standard InChI is InChI=1S/C26H36N5S.BrH/c1-4-5-6-20-17-22(31-15-11-29(3)12-16-31)19-25-26(20)27-23-8-7-21(18-24(23)32-25)30-13-9-28(2)10-14-30;/h7-8,17-19H,4-6,9-16H2,1-3H3;1H/q+1;/p-1. The number of rotatable bonds is 5. The Morgan fingerprint density at radius 1 is 0.788 bits per heavy atom. The minimum Gasteiger partial charge on any atom is -1.00 e. The lowest BCUT2D eigenvalue weighted by Gasteiger charge is -2.34. The number of likely N-dealkylation sites (N-methyl/N-ethyl adjacent to an activating group) is 2. The first-order valence-corrected chi connectivity index (χ1v) is 13.0. The molecular formula is C26H36BrN5S. The molecule has 0 bridgehead atoms. The summed E-state index contributed by atoms with van der Waals surface area (Å²) >= 11 is 1.92. The summed E-state index contributed by atoms with van der Waals surface area (Å²) in [6.45, 7) is 11.2. The summed E-state index contributed by atoms with van der Waals surface area (Å²) in [4.78, 5) is 15.1. The van der Waals surface area contributed by atoms with E-state index in [1.54, 1.807) is 0 Å². The number of benzene rings is 2. The van der Waals surface area contributed by atoms with Crippen LogP contribution >= 0.6 is 11.3 Å². The minimum absolute atomic E-state index is 0. The Hall–Kier alpha value is -1.54. The molecule has 1 aromatic heterocycles. The first kappa shape index (κ1) is 24.6. The quantitative estimate of drug-likeness (QED) is 0.369. The molecule has 178 valence electrons. The van der Waals surface area contributed by atoms with Gasteiger partial charge in [-0.15, -0.1) is 0 Å². The monoisotopic (exact) mass is 529 g/mol. The van der Waals surface area contributed by atoms with Crippen LogP contribution in [0.3, 0.4) is 0 Å². The molecule has 3 aromatic rings. The Balaban J connectivity index is 0.00000259. The largest absolute Gasteiger partial charge is 1.00 e. The number of fused-ring (bicyclic) bond motifs is 2. The van der Waals surface area contributed by atoms with Crippen LogP contribution in [0, 0.1) is 0 Å². The number of unbranched alkanes of at least 4 members (excludes halogenated alkanes) is 1. The van der Waals surface area contributed by atoms with Crippen molar-refractivity contribution < 1.29 is 17.0 Å². The van der Waals surface area contributed by atoms with Gasteiger partial charge in [-0.3, -0.25) is 0 Å². The number of piperazine rings is 2. The van der Waals surface area contributed by atoms with Gasteiger partial charge in [0, 0.05) is 75.9 Å². The average Bonchev–Trinajstić information content (AvgIpc) is 2.81. The molecule has 0 atom stereocenters. The first-order chi connectivity index (χ1) is 15.6. The van der Waals surface area contributed by atoms with Crippen molar-refractivity contribution in [1.82, 2.24) is 14.8 Å². The van der Waals surface area contributed by atoms with Gasteiger partial charge in [0.2, 0.25) is 11.3 Å². The van der Waals surface area contributed by atoms with Gasteiger partial charge in [-0.2, -0.15) is 0 Å². The molecule has 5 rings (SSSR count). The zero-order valence-electron chi connectivity index (χ0n) is 20.2. The molecule has 0 aliphatic carbocycles. The molecule has 2 aliphatic heterocycles. The molecule has 0 unspecified atom stereocenters. The number of aryl methyl sites for hydroxylation is 1. The summed E-state index contributed by atoms with van der Waals surface area (Å²) in [5.74, 6) is 0. The number of nitrogens with zero attached hydrogens (tertiary/aromatic N) is 5. The molecule has 33 heavy (non-hydrogen) atoms. The summed E-state index contributed by atoms with van der Waals surface area (Å²) in [6.07, 6.45) is 3.54. The van der Waals surface area contributed by atoms with Gasteiger partial charge in [-0.1, -0.05) is 13.3 Å². The highest BCUT2D eigenvalue weighted by atomic mass is 79.9.